The number of nitrogens with zero attached hydrogens (tertiary/aromatic N) is 3. The third-order valence-electron chi connectivity index (χ3n) is 3.63. The van der Waals surface area contributed by atoms with Crippen molar-refractivity contribution >= 4 is 29.0 Å². The summed E-state index contributed by atoms with van der Waals surface area (Å²) in [7, 11) is 0. The molecule has 2 aromatic rings. The van der Waals surface area contributed by atoms with Crippen molar-refractivity contribution in [3.8, 4) is 0 Å². The lowest BCUT2D eigenvalue weighted by Crippen LogP contribution is -2.41. The van der Waals surface area contributed by atoms with Crippen molar-refractivity contribution in [1.82, 2.24) is 15.1 Å². The van der Waals surface area contributed by atoms with Gasteiger partial charge in [-0.15, -0.1) is 10.2 Å². The van der Waals surface area contributed by atoms with Gasteiger partial charge in [-0.2, -0.15) is 0 Å². The number of morpholine rings is 1. The molecule has 1 fully saturated rings. The highest BCUT2D eigenvalue weighted by Crippen LogP contribution is 2.22. The van der Waals surface area contributed by atoms with Gasteiger partial charge < -0.3 is 15.0 Å². The number of amides is 1. The molecule has 1 aromatic carbocycles. The Morgan fingerprint density at radius 1 is 1.22 bits per heavy atom. The summed E-state index contributed by atoms with van der Waals surface area (Å²) in [4.78, 5) is 14.0. The molecule has 0 bridgehead atoms. The Balaban J connectivity index is 1.68. The minimum Gasteiger partial charge on any atom is -0.378 e. The van der Waals surface area contributed by atoms with E-state index < -0.39 is 0 Å². The fraction of sp³-hybridized carbons (Fsp3) is 0.312. The molecule has 1 aliphatic rings. The van der Waals surface area contributed by atoms with Crippen LogP contribution in [0.1, 0.15) is 16.1 Å². The predicted molar refractivity (Wildman–Crippen MR) is 88.2 cm³/mol. The Morgan fingerprint density at radius 3 is 2.65 bits per heavy atom. The summed E-state index contributed by atoms with van der Waals surface area (Å²) in [6, 6.07) is 9.06. The standard InChI is InChI=1S/C16H17ClN4O2/c1-11-2-3-12(10-13(11)17)18-15-5-4-14(19-20-15)16(22)21-6-8-23-9-7-21/h2-5,10H,6-9H2,1H3,(H,18,20). The molecule has 1 amide bonds. The second-order valence-electron chi connectivity index (χ2n) is 5.30. The first-order valence-electron chi connectivity index (χ1n) is 7.37. The van der Waals surface area contributed by atoms with Gasteiger partial charge in [0.15, 0.2) is 11.5 Å². The molecule has 0 radical (unpaired) electrons. The number of halogens is 1. The molecule has 23 heavy (non-hydrogen) atoms. The van der Waals surface area contributed by atoms with Crippen LogP contribution >= 0.6 is 11.6 Å². The Bertz CT molecular complexity index is 700. The molecular formula is C16H17ClN4O2. The topological polar surface area (TPSA) is 67.4 Å². The number of hydrogen-bond acceptors (Lipinski definition) is 5. The SMILES string of the molecule is Cc1ccc(Nc2ccc(C(=O)N3CCOCC3)nn2)cc1Cl. The smallest absolute Gasteiger partial charge is 0.274 e. The second-order valence-corrected chi connectivity index (χ2v) is 5.70. The van der Waals surface area contributed by atoms with Crippen LogP contribution in [-0.2, 0) is 4.74 Å². The molecule has 3 rings (SSSR count). The van der Waals surface area contributed by atoms with Gasteiger partial charge in [-0.3, -0.25) is 4.79 Å². The number of carbonyl (C=O) groups excluding carboxylic acids is 1. The van der Waals surface area contributed by atoms with Gasteiger partial charge in [-0.25, -0.2) is 0 Å². The number of aromatic nitrogens is 2. The van der Waals surface area contributed by atoms with Crippen LogP contribution in [0, 0.1) is 6.92 Å². The van der Waals surface area contributed by atoms with Gasteiger partial charge in [-0.1, -0.05) is 17.7 Å². The molecule has 1 aromatic heterocycles. The lowest BCUT2D eigenvalue weighted by molar-refractivity contribution is 0.0298. The molecule has 2 heterocycles. The van der Waals surface area contributed by atoms with Crippen LogP contribution < -0.4 is 5.32 Å². The van der Waals surface area contributed by atoms with E-state index in [1.165, 1.54) is 0 Å². The van der Waals surface area contributed by atoms with E-state index in [4.69, 9.17) is 16.3 Å². The average Bonchev–Trinajstić information content (AvgIpc) is 2.59. The van der Waals surface area contributed by atoms with Crippen molar-refractivity contribution in [2.75, 3.05) is 31.6 Å². The van der Waals surface area contributed by atoms with Gasteiger partial charge in [-0.05, 0) is 36.8 Å². The predicted octanol–water partition coefficient (Wildman–Crippen LogP) is 2.65. The van der Waals surface area contributed by atoms with E-state index in [2.05, 4.69) is 15.5 Å². The Morgan fingerprint density at radius 2 is 2.00 bits per heavy atom. The summed E-state index contributed by atoms with van der Waals surface area (Å²) in [6.07, 6.45) is 0. The molecular weight excluding hydrogens is 316 g/mol. The molecule has 7 heteroatoms. The fourth-order valence-corrected chi connectivity index (χ4v) is 2.44. The lowest BCUT2D eigenvalue weighted by atomic mass is 10.2. The van der Waals surface area contributed by atoms with Crippen molar-refractivity contribution in [3.63, 3.8) is 0 Å². The van der Waals surface area contributed by atoms with Gasteiger partial charge in [0.25, 0.3) is 5.91 Å². The van der Waals surface area contributed by atoms with Gasteiger partial charge in [0.05, 0.1) is 13.2 Å². The van der Waals surface area contributed by atoms with E-state index in [-0.39, 0.29) is 5.91 Å². The zero-order chi connectivity index (χ0) is 16.2. The minimum atomic E-state index is -0.120. The first kappa shape index (κ1) is 15.7. The van der Waals surface area contributed by atoms with Crippen molar-refractivity contribution < 1.29 is 9.53 Å². The van der Waals surface area contributed by atoms with Crippen LogP contribution in [0.4, 0.5) is 11.5 Å². The summed E-state index contributed by atoms with van der Waals surface area (Å²) in [5, 5.41) is 11.9. The number of anilines is 2. The van der Waals surface area contributed by atoms with E-state index in [9.17, 15) is 4.79 Å². The molecule has 6 nitrogen and oxygen atoms in total. The fourth-order valence-electron chi connectivity index (χ4n) is 2.26. The lowest BCUT2D eigenvalue weighted by Gasteiger charge is -2.26. The Kier molecular flexibility index (Phi) is 4.73. The average molecular weight is 333 g/mol. The summed E-state index contributed by atoms with van der Waals surface area (Å²) in [5.41, 5.74) is 2.16. The highest BCUT2D eigenvalue weighted by atomic mass is 35.5. The number of nitrogens with one attached hydrogen (secondary N) is 1. The maximum absolute atomic E-state index is 12.3. The molecule has 0 unspecified atom stereocenters. The van der Waals surface area contributed by atoms with Crippen LogP contribution in [-0.4, -0.2) is 47.3 Å². The Labute approximate surface area is 139 Å². The van der Waals surface area contributed by atoms with Gasteiger partial charge in [0.2, 0.25) is 0 Å². The van der Waals surface area contributed by atoms with Gasteiger partial charge in [0, 0.05) is 23.8 Å². The molecule has 0 saturated carbocycles. The quantitative estimate of drug-likeness (QED) is 0.936. The largest absolute Gasteiger partial charge is 0.378 e. The van der Waals surface area contributed by atoms with Crippen LogP contribution in [0.25, 0.3) is 0 Å². The van der Waals surface area contributed by atoms with Crippen molar-refractivity contribution in [2.24, 2.45) is 0 Å². The van der Waals surface area contributed by atoms with E-state index in [1.54, 1.807) is 17.0 Å². The summed E-state index contributed by atoms with van der Waals surface area (Å²) in [5.74, 6) is 0.439. The van der Waals surface area contributed by atoms with E-state index in [0.29, 0.717) is 42.8 Å². The first-order chi connectivity index (χ1) is 11.1. The maximum atomic E-state index is 12.3. The zero-order valence-electron chi connectivity index (χ0n) is 12.8. The molecule has 0 aliphatic carbocycles. The highest BCUT2D eigenvalue weighted by Gasteiger charge is 2.19. The van der Waals surface area contributed by atoms with Crippen LogP contribution in [0.2, 0.25) is 5.02 Å². The Hall–Kier alpha value is -2.18. The van der Waals surface area contributed by atoms with Crippen LogP contribution in [0.5, 0.6) is 0 Å². The van der Waals surface area contributed by atoms with E-state index in [1.807, 2.05) is 25.1 Å². The zero-order valence-corrected chi connectivity index (χ0v) is 13.5. The van der Waals surface area contributed by atoms with Crippen LogP contribution in [0.15, 0.2) is 30.3 Å². The molecule has 1 aliphatic heterocycles. The molecule has 120 valence electrons. The first-order valence-corrected chi connectivity index (χ1v) is 7.75. The summed E-state index contributed by atoms with van der Waals surface area (Å²) < 4.78 is 5.24. The minimum absolute atomic E-state index is 0.120. The van der Waals surface area contributed by atoms with Crippen molar-refractivity contribution in [1.29, 1.82) is 0 Å². The highest BCUT2D eigenvalue weighted by molar-refractivity contribution is 6.31. The third-order valence-corrected chi connectivity index (χ3v) is 4.03. The van der Waals surface area contributed by atoms with Crippen molar-refractivity contribution in [3.05, 3.63) is 46.6 Å². The summed E-state index contributed by atoms with van der Waals surface area (Å²) >= 11 is 6.10. The molecule has 1 N–H and O–H groups in total. The van der Waals surface area contributed by atoms with Gasteiger partial charge in [0.1, 0.15) is 0 Å². The number of rotatable bonds is 3. The molecule has 0 atom stereocenters. The van der Waals surface area contributed by atoms with E-state index >= 15 is 0 Å². The van der Waals surface area contributed by atoms with Crippen LogP contribution in [0.3, 0.4) is 0 Å². The molecule has 0 spiro atoms. The number of carbonyl (C=O) groups is 1. The number of hydrogen-bond donors (Lipinski definition) is 1. The maximum Gasteiger partial charge on any atom is 0.274 e. The number of ether oxygens (including phenoxy) is 1. The van der Waals surface area contributed by atoms with Crippen molar-refractivity contribution in [2.45, 2.75) is 6.92 Å². The normalized spacial score (nSPS) is 14.6. The number of aryl methyl sites for hydroxylation is 1. The third kappa shape index (κ3) is 3.78. The monoisotopic (exact) mass is 332 g/mol. The summed E-state index contributed by atoms with van der Waals surface area (Å²) in [6.45, 7) is 4.24. The second kappa shape index (κ2) is 6.93. The molecule has 1 saturated heterocycles. The van der Waals surface area contributed by atoms with E-state index in [0.717, 1.165) is 11.3 Å². The van der Waals surface area contributed by atoms with Gasteiger partial charge >= 0.3 is 0 Å². The number of benzene rings is 1.